The molecule has 0 spiro atoms. The first kappa shape index (κ1) is 16.8. The lowest BCUT2D eigenvalue weighted by atomic mass is 10.3. The highest BCUT2D eigenvalue weighted by atomic mass is 32.1. The van der Waals surface area contributed by atoms with Gasteiger partial charge in [0, 0.05) is 6.20 Å². The van der Waals surface area contributed by atoms with E-state index < -0.39 is 0 Å². The Morgan fingerprint density at radius 2 is 2.04 bits per heavy atom. The summed E-state index contributed by atoms with van der Waals surface area (Å²) in [7, 11) is 0. The van der Waals surface area contributed by atoms with Crippen LogP contribution in [0.25, 0.3) is 0 Å². The van der Waals surface area contributed by atoms with Crippen LogP contribution < -0.4 is 15.4 Å². The predicted octanol–water partition coefficient (Wildman–Crippen LogP) is 2.28. The summed E-state index contributed by atoms with van der Waals surface area (Å²) in [5.41, 5.74) is 1.32. The van der Waals surface area contributed by atoms with Crippen LogP contribution in [-0.4, -0.2) is 32.0 Å². The molecule has 0 aliphatic rings. The van der Waals surface area contributed by atoms with Crippen molar-refractivity contribution in [2.24, 2.45) is 0 Å². The number of nitrogens with zero attached hydrogens (tertiary/aromatic N) is 3. The summed E-state index contributed by atoms with van der Waals surface area (Å²) in [5.74, 6) is 1.10. The second-order valence-electron chi connectivity index (χ2n) is 5.03. The molecule has 0 amide bonds. The maximum Gasteiger partial charge on any atom is 0.232 e. The first-order chi connectivity index (χ1) is 11.0. The summed E-state index contributed by atoms with van der Waals surface area (Å²) < 4.78 is 5.41. The number of nitrogens with one attached hydrogen (secondary N) is 3. The van der Waals surface area contributed by atoms with Gasteiger partial charge in [-0.3, -0.25) is 5.41 Å². The zero-order chi connectivity index (χ0) is 16.8. The second-order valence-corrected chi connectivity index (χ2v) is 5.44. The van der Waals surface area contributed by atoms with Crippen LogP contribution >= 0.6 is 12.2 Å². The van der Waals surface area contributed by atoms with E-state index in [-0.39, 0.29) is 17.1 Å². The first-order valence-corrected chi connectivity index (χ1v) is 7.44. The van der Waals surface area contributed by atoms with Gasteiger partial charge in [0.1, 0.15) is 11.5 Å². The van der Waals surface area contributed by atoms with E-state index in [0.717, 1.165) is 5.56 Å². The summed E-state index contributed by atoms with van der Waals surface area (Å²) in [4.78, 5) is 12.4. The highest BCUT2D eigenvalue weighted by molar-refractivity contribution is 7.80. The zero-order valence-electron chi connectivity index (χ0n) is 13.1. The van der Waals surface area contributed by atoms with Gasteiger partial charge in [0.2, 0.25) is 5.88 Å². The fourth-order valence-electron chi connectivity index (χ4n) is 1.68. The molecule has 0 aliphatic carbocycles. The molecule has 2 heterocycles. The van der Waals surface area contributed by atoms with Crippen molar-refractivity contribution in [2.75, 3.05) is 5.32 Å². The smallest absolute Gasteiger partial charge is 0.232 e. The molecule has 0 unspecified atom stereocenters. The number of thiocarbonyl (C=S) groups is 1. The van der Waals surface area contributed by atoms with E-state index in [1.165, 1.54) is 12.4 Å². The standard InChI is InChI=1S/C15H18N6OS/c1-9(2)22-12-8-18-11(7-19-12)13(16)20-15(23)21-14-10(3)5-4-6-17-14/h4-9H,1-3H3,(H3,16,17,20,21,23). The molecule has 2 aromatic heterocycles. The van der Waals surface area contributed by atoms with Crippen LogP contribution in [0.1, 0.15) is 25.1 Å². The zero-order valence-corrected chi connectivity index (χ0v) is 13.9. The van der Waals surface area contributed by atoms with Crippen molar-refractivity contribution in [3.8, 4) is 5.88 Å². The SMILES string of the molecule is Cc1cccnc1NC(=S)NC(=N)c1cnc(OC(C)C)cn1. The minimum absolute atomic E-state index is 0.0196. The summed E-state index contributed by atoms with van der Waals surface area (Å²) in [5, 5.41) is 14.0. The Balaban J connectivity index is 1.96. The van der Waals surface area contributed by atoms with E-state index in [4.69, 9.17) is 22.4 Å². The number of aryl methyl sites for hydroxylation is 1. The highest BCUT2D eigenvalue weighted by Gasteiger charge is 2.08. The Labute approximate surface area is 140 Å². The molecule has 7 nitrogen and oxygen atoms in total. The third kappa shape index (κ3) is 4.96. The van der Waals surface area contributed by atoms with Gasteiger partial charge in [-0.25, -0.2) is 15.0 Å². The van der Waals surface area contributed by atoms with Crippen molar-refractivity contribution in [1.82, 2.24) is 20.3 Å². The van der Waals surface area contributed by atoms with Crippen LogP contribution in [0.4, 0.5) is 5.82 Å². The molecule has 0 fully saturated rings. The van der Waals surface area contributed by atoms with E-state index in [9.17, 15) is 0 Å². The van der Waals surface area contributed by atoms with E-state index in [1.807, 2.05) is 32.9 Å². The van der Waals surface area contributed by atoms with Crippen LogP contribution in [0, 0.1) is 12.3 Å². The summed E-state index contributed by atoms with van der Waals surface area (Å²) >= 11 is 5.18. The fourth-order valence-corrected chi connectivity index (χ4v) is 1.88. The van der Waals surface area contributed by atoms with Crippen molar-refractivity contribution in [3.63, 3.8) is 0 Å². The molecule has 0 radical (unpaired) electrons. The molecular formula is C15H18N6OS. The van der Waals surface area contributed by atoms with Gasteiger partial charge in [0.25, 0.3) is 0 Å². The second kappa shape index (κ2) is 7.59. The molecule has 23 heavy (non-hydrogen) atoms. The molecule has 8 heteroatoms. The first-order valence-electron chi connectivity index (χ1n) is 7.03. The number of ether oxygens (including phenoxy) is 1. The van der Waals surface area contributed by atoms with Gasteiger partial charge in [0.15, 0.2) is 10.9 Å². The maximum atomic E-state index is 7.99. The van der Waals surface area contributed by atoms with E-state index in [0.29, 0.717) is 17.4 Å². The molecule has 2 rings (SSSR count). The molecule has 0 saturated heterocycles. The van der Waals surface area contributed by atoms with Crippen LogP contribution in [0.3, 0.4) is 0 Å². The molecule has 0 atom stereocenters. The number of anilines is 1. The third-order valence-corrected chi connectivity index (χ3v) is 2.92. The number of amidine groups is 1. The predicted molar refractivity (Wildman–Crippen MR) is 93.0 cm³/mol. The maximum absolute atomic E-state index is 7.99. The normalized spacial score (nSPS) is 10.3. The minimum atomic E-state index is 0.0196. The van der Waals surface area contributed by atoms with Gasteiger partial charge in [0.05, 0.1) is 18.5 Å². The Morgan fingerprint density at radius 3 is 2.65 bits per heavy atom. The average Bonchev–Trinajstić information content (AvgIpc) is 2.49. The summed E-state index contributed by atoms with van der Waals surface area (Å²) in [6.45, 7) is 5.73. The molecule has 3 N–H and O–H groups in total. The number of rotatable bonds is 4. The third-order valence-electron chi connectivity index (χ3n) is 2.72. The van der Waals surface area contributed by atoms with Gasteiger partial charge in [-0.05, 0) is 44.6 Å². The van der Waals surface area contributed by atoms with E-state index in [2.05, 4.69) is 25.6 Å². The lowest BCUT2D eigenvalue weighted by Gasteiger charge is -2.12. The van der Waals surface area contributed by atoms with Gasteiger partial charge >= 0.3 is 0 Å². The van der Waals surface area contributed by atoms with Crippen molar-refractivity contribution in [2.45, 2.75) is 26.9 Å². The molecular weight excluding hydrogens is 312 g/mol. The molecule has 0 aliphatic heterocycles. The average molecular weight is 330 g/mol. The molecule has 2 aromatic rings. The lowest BCUT2D eigenvalue weighted by Crippen LogP contribution is -2.35. The Morgan fingerprint density at radius 1 is 1.26 bits per heavy atom. The van der Waals surface area contributed by atoms with Crippen LogP contribution in [0.5, 0.6) is 5.88 Å². The monoisotopic (exact) mass is 330 g/mol. The molecule has 120 valence electrons. The Bertz CT molecular complexity index is 701. The van der Waals surface area contributed by atoms with Gasteiger partial charge in [-0.2, -0.15) is 0 Å². The fraction of sp³-hybridized carbons (Fsp3) is 0.267. The van der Waals surface area contributed by atoms with Crippen molar-refractivity contribution in [3.05, 3.63) is 42.0 Å². The van der Waals surface area contributed by atoms with Gasteiger partial charge < -0.3 is 15.4 Å². The summed E-state index contributed by atoms with van der Waals surface area (Å²) in [6, 6.07) is 3.76. The largest absolute Gasteiger partial charge is 0.474 e. The number of pyridine rings is 1. The lowest BCUT2D eigenvalue weighted by molar-refractivity contribution is 0.231. The molecule has 0 aromatic carbocycles. The number of hydrogen-bond donors (Lipinski definition) is 3. The Kier molecular flexibility index (Phi) is 5.53. The molecule has 0 saturated carbocycles. The van der Waals surface area contributed by atoms with Crippen molar-refractivity contribution < 1.29 is 4.74 Å². The quantitative estimate of drug-likeness (QED) is 0.449. The van der Waals surface area contributed by atoms with Crippen LogP contribution in [0.2, 0.25) is 0 Å². The highest BCUT2D eigenvalue weighted by Crippen LogP contribution is 2.09. The van der Waals surface area contributed by atoms with Crippen LogP contribution in [-0.2, 0) is 0 Å². The minimum Gasteiger partial charge on any atom is -0.474 e. The molecule has 0 bridgehead atoms. The van der Waals surface area contributed by atoms with E-state index in [1.54, 1.807) is 6.20 Å². The summed E-state index contributed by atoms with van der Waals surface area (Å²) in [6.07, 6.45) is 4.63. The van der Waals surface area contributed by atoms with Crippen molar-refractivity contribution in [1.29, 1.82) is 5.41 Å². The number of aromatic nitrogens is 3. The van der Waals surface area contributed by atoms with Gasteiger partial charge in [-0.1, -0.05) is 6.07 Å². The van der Waals surface area contributed by atoms with Crippen LogP contribution in [0.15, 0.2) is 30.7 Å². The Hall–Kier alpha value is -2.61. The van der Waals surface area contributed by atoms with Gasteiger partial charge in [-0.15, -0.1) is 0 Å². The topological polar surface area (TPSA) is 95.8 Å². The number of hydrogen-bond acceptors (Lipinski definition) is 6. The van der Waals surface area contributed by atoms with Crippen molar-refractivity contribution >= 4 is 29.0 Å². The van der Waals surface area contributed by atoms with E-state index >= 15 is 0 Å².